The fraction of sp³-hybridized carbons (Fsp3) is 0.364. The summed E-state index contributed by atoms with van der Waals surface area (Å²) in [5.41, 5.74) is 0.801. The maximum absolute atomic E-state index is 13.2. The highest BCUT2D eigenvalue weighted by molar-refractivity contribution is 5.51. The minimum atomic E-state index is -0.581. The second-order valence-corrected chi connectivity index (χ2v) is 3.43. The molecule has 0 aliphatic carbocycles. The van der Waals surface area contributed by atoms with E-state index in [1.54, 1.807) is 13.8 Å². The predicted molar refractivity (Wildman–Crippen MR) is 50.2 cm³/mol. The summed E-state index contributed by atoms with van der Waals surface area (Å²) in [7, 11) is 0. The van der Waals surface area contributed by atoms with Gasteiger partial charge < -0.3 is 4.79 Å². The Kier molecular flexibility index (Phi) is 3.33. The fourth-order valence-electron chi connectivity index (χ4n) is 1.33. The SMILES string of the molecule is Cc1cc(C(C)CC=O)c(F)cc1F. The summed E-state index contributed by atoms with van der Waals surface area (Å²) in [6, 6.07) is 2.32. The number of carbonyl (C=O) groups is 1. The molecule has 0 amide bonds. The number of hydrogen-bond acceptors (Lipinski definition) is 1. The van der Waals surface area contributed by atoms with Crippen molar-refractivity contribution in [1.29, 1.82) is 0 Å². The van der Waals surface area contributed by atoms with Crippen LogP contribution in [0.25, 0.3) is 0 Å². The van der Waals surface area contributed by atoms with Crippen LogP contribution in [-0.2, 0) is 4.79 Å². The second-order valence-electron chi connectivity index (χ2n) is 3.43. The van der Waals surface area contributed by atoms with Crippen molar-refractivity contribution < 1.29 is 13.6 Å². The van der Waals surface area contributed by atoms with Crippen LogP contribution in [0.4, 0.5) is 8.78 Å². The van der Waals surface area contributed by atoms with Gasteiger partial charge in [0, 0.05) is 12.5 Å². The lowest BCUT2D eigenvalue weighted by atomic mass is 9.96. The lowest BCUT2D eigenvalue weighted by Crippen LogP contribution is -2.00. The van der Waals surface area contributed by atoms with Crippen LogP contribution in [-0.4, -0.2) is 6.29 Å². The molecule has 0 saturated carbocycles. The van der Waals surface area contributed by atoms with E-state index in [4.69, 9.17) is 0 Å². The molecule has 0 saturated heterocycles. The maximum Gasteiger partial charge on any atom is 0.129 e. The zero-order chi connectivity index (χ0) is 10.7. The van der Waals surface area contributed by atoms with E-state index in [0.717, 1.165) is 12.4 Å². The highest BCUT2D eigenvalue weighted by Gasteiger charge is 2.12. The average molecular weight is 198 g/mol. The number of carbonyl (C=O) groups excluding carboxylic acids is 1. The molecule has 1 unspecified atom stereocenters. The van der Waals surface area contributed by atoms with Gasteiger partial charge in [-0.3, -0.25) is 0 Å². The molecule has 1 atom stereocenters. The zero-order valence-electron chi connectivity index (χ0n) is 8.18. The summed E-state index contributed by atoms with van der Waals surface area (Å²) in [5.74, 6) is -1.33. The second kappa shape index (κ2) is 4.31. The smallest absolute Gasteiger partial charge is 0.129 e. The molecule has 0 fully saturated rings. The van der Waals surface area contributed by atoms with Gasteiger partial charge in [0.05, 0.1) is 0 Å². The van der Waals surface area contributed by atoms with E-state index in [1.807, 2.05) is 0 Å². The van der Waals surface area contributed by atoms with Crippen molar-refractivity contribution in [2.75, 3.05) is 0 Å². The number of hydrogen-bond donors (Lipinski definition) is 0. The Labute approximate surface area is 81.7 Å². The molecule has 0 aliphatic rings. The molecule has 0 heterocycles. The Morgan fingerprint density at radius 2 is 2.00 bits per heavy atom. The van der Waals surface area contributed by atoms with Gasteiger partial charge in [-0.15, -0.1) is 0 Å². The average Bonchev–Trinajstić information content (AvgIpc) is 2.11. The molecule has 76 valence electrons. The Morgan fingerprint density at radius 3 is 2.57 bits per heavy atom. The molecule has 14 heavy (non-hydrogen) atoms. The van der Waals surface area contributed by atoms with Gasteiger partial charge in [0.1, 0.15) is 17.9 Å². The minimum absolute atomic E-state index is 0.202. The number of benzene rings is 1. The summed E-state index contributed by atoms with van der Waals surface area (Å²) in [5, 5.41) is 0. The van der Waals surface area contributed by atoms with E-state index in [0.29, 0.717) is 11.1 Å². The topological polar surface area (TPSA) is 17.1 Å². The maximum atomic E-state index is 13.2. The van der Waals surface area contributed by atoms with Crippen LogP contribution in [0.5, 0.6) is 0 Å². The summed E-state index contributed by atoms with van der Waals surface area (Å²) in [6.45, 7) is 3.32. The predicted octanol–water partition coefficient (Wildman–Crippen LogP) is 2.97. The van der Waals surface area contributed by atoms with Gasteiger partial charge in [-0.05, 0) is 30.0 Å². The lowest BCUT2D eigenvalue weighted by Gasteiger charge is -2.10. The molecular formula is C11H12F2O. The lowest BCUT2D eigenvalue weighted by molar-refractivity contribution is -0.108. The molecule has 0 radical (unpaired) electrons. The zero-order valence-corrected chi connectivity index (χ0v) is 8.18. The van der Waals surface area contributed by atoms with Crippen LogP contribution in [0.1, 0.15) is 30.4 Å². The molecule has 3 heteroatoms. The van der Waals surface area contributed by atoms with E-state index in [1.165, 1.54) is 6.07 Å². The quantitative estimate of drug-likeness (QED) is 0.682. The van der Waals surface area contributed by atoms with Gasteiger partial charge in [-0.1, -0.05) is 6.92 Å². The molecule has 0 N–H and O–H groups in total. The monoisotopic (exact) mass is 198 g/mol. The van der Waals surface area contributed by atoms with E-state index < -0.39 is 11.6 Å². The van der Waals surface area contributed by atoms with Crippen molar-refractivity contribution >= 4 is 6.29 Å². The Morgan fingerprint density at radius 1 is 1.36 bits per heavy atom. The van der Waals surface area contributed by atoms with Crippen LogP contribution >= 0.6 is 0 Å². The van der Waals surface area contributed by atoms with Gasteiger partial charge in [0.15, 0.2) is 0 Å². The first-order valence-corrected chi connectivity index (χ1v) is 4.45. The normalized spacial score (nSPS) is 12.6. The van der Waals surface area contributed by atoms with E-state index >= 15 is 0 Å². The van der Waals surface area contributed by atoms with Gasteiger partial charge in [-0.25, -0.2) is 8.78 Å². The molecule has 0 bridgehead atoms. The van der Waals surface area contributed by atoms with Crippen LogP contribution in [0, 0.1) is 18.6 Å². The molecule has 1 rings (SSSR count). The molecule has 1 aromatic carbocycles. The van der Waals surface area contributed by atoms with Crippen LogP contribution in [0.15, 0.2) is 12.1 Å². The van der Waals surface area contributed by atoms with Crippen LogP contribution in [0.3, 0.4) is 0 Å². The third kappa shape index (κ3) is 2.16. The first kappa shape index (κ1) is 10.8. The van der Waals surface area contributed by atoms with Crippen LogP contribution in [0.2, 0.25) is 0 Å². The number of aryl methyl sites for hydroxylation is 1. The molecule has 1 nitrogen and oxygen atoms in total. The summed E-state index contributed by atoms with van der Waals surface area (Å²) >= 11 is 0. The Hall–Kier alpha value is -1.25. The third-order valence-electron chi connectivity index (χ3n) is 2.26. The van der Waals surface area contributed by atoms with Crippen molar-refractivity contribution in [2.45, 2.75) is 26.2 Å². The van der Waals surface area contributed by atoms with Gasteiger partial charge >= 0.3 is 0 Å². The van der Waals surface area contributed by atoms with Gasteiger partial charge in [0.2, 0.25) is 0 Å². The van der Waals surface area contributed by atoms with Crippen LogP contribution < -0.4 is 0 Å². The molecule has 0 aromatic heterocycles. The van der Waals surface area contributed by atoms with Crippen molar-refractivity contribution in [3.63, 3.8) is 0 Å². The molecular weight excluding hydrogens is 186 g/mol. The van der Waals surface area contributed by atoms with E-state index in [9.17, 15) is 13.6 Å². The third-order valence-corrected chi connectivity index (χ3v) is 2.26. The van der Waals surface area contributed by atoms with E-state index in [2.05, 4.69) is 0 Å². The highest BCUT2D eigenvalue weighted by Crippen LogP contribution is 2.23. The largest absolute Gasteiger partial charge is 0.303 e. The van der Waals surface area contributed by atoms with Crippen molar-refractivity contribution in [3.8, 4) is 0 Å². The highest BCUT2D eigenvalue weighted by atomic mass is 19.1. The number of halogens is 2. The Balaban J connectivity index is 3.08. The molecule has 1 aromatic rings. The number of aldehydes is 1. The minimum Gasteiger partial charge on any atom is -0.303 e. The van der Waals surface area contributed by atoms with Crippen molar-refractivity contribution in [3.05, 3.63) is 34.9 Å². The van der Waals surface area contributed by atoms with Crippen molar-refractivity contribution in [1.82, 2.24) is 0 Å². The van der Waals surface area contributed by atoms with Gasteiger partial charge in [-0.2, -0.15) is 0 Å². The van der Waals surface area contributed by atoms with Crippen molar-refractivity contribution in [2.24, 2.45) is 0 Å². The first-order valence-electron chi connectivity index (χ1n) is 4.45. The first-order chi connectivity index (χ1) is 6.56. The summed E-state index contributed by atoms with van der Waals surface area (Å²) < 4.78 is 26.1. The summed E-state index contributed by atoms with van der Waals surface area (Å²) in [4.78, 5) is 10.3. The molecule has 0 spiro atoms. The number of rotatable bonds is 3. The van der Waals surface area contributed by atoms with Gasteiger partial charge in [0.25, 0.3) is 0 Å². The fourth-order valence-corrected chi connectivity index (χ4v) is 1.33. The molecule has 0 aliphatic heterocycles. The standard InChI is InChI=1S/C11H12F2O/c1-7(3-4-14)9-5-8(2)10(12)6-11(9)13/h4-7H,3H2,1-2H3. The Bertz CT molecular complexity index is 347. The van der Waals surface area contributed by atoms with E-state index in [-0.39, 0.29) is 12.3 Å². The summed E-state index contributed by atoms with van der Waals surface area (Å²) in [6.07, 6.45) is 0.991.